The number of carbonyl (C=O) groups is 1. The minimum atomic E-state index is -3.85. The van der Waals surface area contributed by atoms with Crippen LogP contribution in [0.3, 0.4) is 0 Å². The molecule has 4 N–H and O–H groups in total. The predicted molar refractivity (Wildman–Crippen MR) is 65.0 cm³/mol. The molecule has 0 bridgehead atoms. The number of esters is 1. The van der Waals surface area contributed by atoms with E-state index in [1.807, 2.05) is 0 Å². The maximum Gasteiger partial charge on any atom is 0.315 e. The van der Waals surface area contributed by atoms with Crippen LogP contribution in [0.4, 0.5) is 5.69 Å². The summed E-state index contributed by atoms with van der Waals surface area (Å²) in [4.78, 5) is 11.3. The van der Waals surface area contributed by atoms with Crippen LogP contribution in [0.5, 0.6) is 0 Å². The van der Waals surface area contributed by atoms with Crippen LogP contribution in [0.1, 0.15) is 0 Å². The second kappa shape index (κ2) is 5.39. The van der Waals surface area contributed by atoms with E-state index in [1.165, 1.54) is 19.2 Å². The van der Waals surface area contributed by atoms with Crippen molar-refractivity contribution in [2.24, 2.45) is 5.14 Å². The van der Waals surface area contributed by atoms with Gasteiger partial charge in [0.1, 0.15) is 4.90 Å². The number of carbonyl (C=O) groups excluding carboxylic acids is 1. The molecule has 0 aromatic heterocycles. The summed E-state index contributed by atoms with van der Waals surface area (Å²) >= 11 is 1.09. The Labute approximate surface area is 103 Å². The van der Waals surface area contributed by atoms with E-state index < -0.39 is 16.0 Å². The predicted octanol–water partition coefficient (Wildman–Crippen LogP) is 0.181. The van der Waals surface area contributed by atoms with Crippen molar-refractivity contribution in [2.45, 2.75) is 9.79 Å². The van der Waals surface area contributed by atoms with Crippen molar-refractivity contribution in [1.82, 2.24) is 0 Å². The van der Waals surface area contributed by atoms with E-state index in [2.05, 4.69) is 4.74 Å². The molecule has 0 atom stereocenters. The molecular weight excluding hydrogens is 264 g/mol. The fraction of sp³-hybridized carbons (Fsp3) is 0.222. The lowest BCUT2D eigenvalue weighted by Gasteiger charge is -2.08. The van der Waals surface area contributed by atoms with Crippen LogP contribution >= 0.6 is 11.8 Å². The number of nitrogens with two attached hydrogens (primary N) is 2. The highest BCUT2D eigenvalue weighted by molar-refractivity contribution is 8.00. The van der Waals surface area contributed by atoms with E-state index in [9.17, 15) is 13.2 Å². The normalized spacial score (nSPS) is 11.2. The monoisotopic (exact) mass is 276 g/mol. The molecule has 1 aromatic carbocycles. The lowest BCUT2D eigenvalue weighted by molar-refractivity contribution is -0.137. The second-order valence-corrected chi connectivity index (χ2v) is 5.62. The third-order valence-electron chi connectivity index (χ3n) is 1.91. The maximum atomic E-state index is 11.2. The Bertz CT molecular complexity index is 528. The van der Waals surface area contributed by atoms with Gasteiger partial charge in [0.15, 0.2) is 0 Å². The molecule has 0 unspecified atom stereocenters. The first-order chi connectivity index (χ1) is 7.86. The van der Waals surface area contributed by atoms with Crippen molar-refractivity contribution in [3.8, 4) is 0 Å². The summed E-state index contributed by atoms with van der Waals surface area (Å²) in [5, 5.41) is 5.00. The van der Waals surface area contributed by atoms with Gasteiger partial charge in [0.25, 0.3) is 0 Å². The molecule has 0 aliphatic rings. The van der Waals surface area contributed by atoms with Gasteiger partial charge < -0.3 is 10.5 Å². The number of para-hydroxylation sites is 1. The van der Waals surface area contributed by atoms with Crippen LogP contribution in [0.15, 0.2) is 28.0 Å². The topological polar surface area (TPSA) is 112 Å². The molecule has 0 saturated heterocycles. The number of benzene rings is 1. The fourth-order valence-corrected chi connectivity index (χ4v) is 2.67. The number of rotatable bonds is 4. The number of hydrogen-bond acceptors (Lipinski definition) is 6. The van der Waals surface area contributed by atoms with Gasteiger partial charge in [-0.1, -0.05) is 6.07 Å². The molecule has 0 saturated carbocycles. The standard InChI is InChI=1S/C9H12N2O4S2/c1-15-8(12)5-16-6-3-2-4-7(9(6)10)17(11,13)14/h2-4H,5,10H2,1H3,(H2,11,13,14). The zero-order valence-electron chi connectivity index (χ0n) is 9.04. The Morgan fingerprint density at radius 3 is 2.65 bits per heavy atom. The van der Waals surface area contributed by atoms with Gasteiger partial charge in [0.05, 0.1) is 18.6 Å². The Hall–Kier alpha value is -1.25. The zero-order chi connectivity index (χ0) is 13.1. The summed E-state index contributed by atoms with van der Waals surface area (Å²) in [7, 11) is -2.58. The summed E-state index contributed by atoms with van der Waals surface area (Å²) in [6, 6.07) is 4.43. The van der Waals surface area contributed by atoms with Crippen molar-refractivity contribution in [2.75, 3.05) is 18.6 Å². The van der Waals surface area contributed by atoms with Crippen molar-refractivity contribution in [3.63, 3.8) is 0 Å². The van der Waals surface area contributed by atoms with Gasteiger partial charge in [-0.25, -0.2) is 13.6 Å². The second-order valence-electron chi connectivity index (χ2n) is 3.08. The largest absolute Gasteiger partial charge is 0.468 e. The molecule has 0 spiro atoms. The number of primary sulfonamides is 1. The fourth-order valence-electron chi connectivity index (χ4n) is 1.09. The smallest absolute Gasteiger partial charge is 0.315 e. The molecule has 6 nitrogen and oxygen atoms in total. The van der Waals surface area contributed by atoms with Crippen molar-refractivity contribution < 1.29 is 17.9 Å². The minimum Gasteiger partial charge on any atom is -0.468 e. The first-order valence-corrected chi connectivity index (χ1v) is 7.00. The molecule has 0 aliphatic carbocycles. The first kappa shape index (κ1) is 13.8. The van der Waals surface area contributed by atoms with Gasteiger partial charge in [-0.05, 0) is 12.1 Å². The van der Waals surface area contributed by atoms with E-state index in [0.29, 0.717) is 4.90 Å². The highest BCUT2D eigenvalue weighted by atomic mass is 32.2. The molecule has 0 radical (unpaired) electrons. The van der Waals surface area contributed by atoms with Gasteiger partial charge >= 0.3 is 5.97 Å². The highest BCUT2D eigenvalue weighted by Gasteiger charge is 2.15. The molecule has 0 amide bonds. The van der Waals surface area contributed by atoms with Crippen molar-refractivity contribution in [3.05, 3.63) is 18.2 Å². The van der Waals surface area contributed by atoms with E-state index in [0.717, 1.165) is 11.8 Å². The summed E-state index contributed by atoms with van der Waals surface area (Å²) in [5.74, 6) is -0.371. The minimum absolute atomic E-state index is 0.0453. The average Bonchev–Trinajstić information content (AvgIpc) is 2.25. The van der Waals surface area contributed by atoms with Crippen molar-refractivity contribution >= 4 is 33.4 Å². The molecule has 1 aromatic rings. The number of ether oxygens (including phenoxy) is 1. The van der Waals surface area contributed by atoms with Gasteiger partial charge in [0, 0.05) is 4.90 Å². The van der Waals surface area contributed by atoms with Gasteiger partial charge in [-0.3, -0.25) is 4.79 Å². The van der Waals surface area contributed by atoms with E-state index in [1.54, 1.807) is 6.07 Å². The number of nitrogen functional groups attached to an aromatic ring is 1. The average molecular weight is 276 g/mol. The Kier molecular flexibility index (Phi) is 4.38. The third kappa shape index (κ3) is 3.62. The molecule has 8 heteroatoms. The number of methoxy groups -OCH3 is 1. The molecule has 94 valence electrons. The molecule has 0 aliphatic heterocycles. The Balaban J connectivity index is 3.00. The van der Waals surface area contributed by atoms with Crippen molar-refractivity contribution in [1.29, 1.82) is 0 Å². The summed E-state index contributed by atoms with van der Waals surface area (Å²) in [6.07, 6.45) is 0. The van der Waals surface area contributed by atoms with Crippen LogP contribution in [-0.2, 0) is 19.6 Å². The summed E-state index contributed by atoms with van der Waals surface area (Å²) in [5.41, 5.74) is 5.71. The number of anilines is 1. The van der Waals surface area contributed by atoms with Gasteiger partial charge in [-0.2, -0.15) is 0 Å². The lowest BCUT2D eigenvalue weighted by atomic mass is 10.3. The molecule has 0 heterocycles. The summed E-state index contributed by atoms with van der Waals surface area (Å²) in [6.45, 7) is 0. The number of sulfonamides is 1. The third-order valence-corrected chi connectivity index (χ3v) is 3.92. The van der Waals surface area contributed by atoms with Crippen LogP contribution in [0.2, 0.25) is 0 Å². The Morgan fingerprint density at radius 1 is 1.47 bits per heavy atom. The first-order valence-electron chi connectivity index (χ1n) is 4.47. The maximum absolute atomic E-state index is 11.2. The van der Waals surface area contributed by atoms with E-state index in [-0.39, 0.29) is 16.3 Å². The van der Waals surface area contributed by atoms with E-state index >= 15 is 0 Å². The Morgan fingerprint density at radius 2 is 2.12 bits per heavy atom. The van der Waals surface area contributed by atoms with Gasteiger partial charge in [0.2, 0.25) is 10.0 Å². The lowest BCUT2D eigenvalue weighted by Crippen LogP contribution is -2.14. The highest BCUT2D eigenvalue weighted by Crippen LogP contribution is 2.29. The van der Waals surface area contributed by atoms with Crippen LogP contribution < -0.4 is 10.9 Å². The van der Waals surface area contributed by atoms with Crippen LogP contribution in [-0.4, -0.2) is 27.2 Å². The van der Waals surface area contributed by atoms with E-state index in [4.69, 9.17) is 10.9 Å². The number of thioether (sulfide) groups is 1. The quantitative estimate of drug-likeness (QED) is 0.461. The van der Waals surface area contributed by atoms with Crippen LogP contribution in [0, 0.1) is 0 Å². The summed E-state index contributed by atoms with van der Waals surface area (Å²) < 4.78 is 26.9. The van der Waals surface area contributed by atoms with Crippen LogP contribution in [0.25, 0.3) is 0 Å². The zero-order valence-corrected chi connectivity index (χ0v) is 10.7. The molecule has 0 fully saturated rings. The SMILES string of the molecule is COC(=O)CSc1cccc(S(N)(=O)=O)c1N. The molecule has 1 rings (SSSR count). The number of hydrogen-bond donors (Lipinski definition) is 2. The molecule has 17 heavy (non-hydrogen) atoms. The van der Waals surface area contributed by atoms with Gasteiger partial charge in [-0.15, -0.1) is 11.8 Å². The molecular formula is C9H12N2O4S2.